The van der Waals surface area contributed by atoms with E-state index in [4.69, 9.17) is 9.47 Å². The Bertz CT molecular complexity index is 1220. The van der Waals surface area contributed by atoms with Crippen molar-refractivity contribution in [3.8, 4) is 11.5 Å². The second-order valence-electron chi connectivity index (χ2n) is 9.42. The third-order valence-electron chi connectivity index (χ3n) is 6.30. The minimum atomic E-state index is -1.26. The van der Waals surface area contributed by atoms with Crippen LogP contribution in [0.2, 0.25) is 0 Å². The quantitative estimate of drug-likeness (QED) is 0.252. The molecule has 0 saturated carbocycles. The smallest absolute Gasteiger partial charge is 0.247 e. The molecule has 0 radical (unpaired) electrons. The van der Waals surface area contributed by atoms with Crippen molar-refractivity contribution in [1.29, 1.82) is 0 Å². The molecule has 1 aliphatic rings. The summed E-state index contributed by atoms with van der Waals surface area (Å²) >= 11 is 1.99. The molecule has 11 heteroatoms. The first-order valence-electron chi connectivity index (χ1n) is 12.4. The van der Waals surface area contributed by atoms with Gasteiger partial charge in [0.2, 0.25) is 11.8 Å². The highest BCUT2D eigenvalue weighted by atomic mass is 127. The van der Waals surface area contributed by atoms with Gasteiger partial charge < -0.3 is 29.9 Å². The van der Waals surface area contributed by atoms with Gasteiger partial charge in [-0.05, 0) is 58.5 Å². The molecule has 0 heterocycles. The highest BCUT2D eigenvalue weighted by molar-refractivity contribution is 14.1. The van der Waals surface area contributed by atoms with E-state index >= 15 is 0 Å². The molecule has 0 aromatic heterocycles. The van der Waals surface area contributed by atoms with Crippen LogP contribution in [-0.4, -0.2) is 71.7 Å². The summed E-state index contributed by atoms with van der Waals surface area (Å²) in [6, 6.07) is 7.94. The van der Waals surface area contributed by atoms with Crippen molar-refractivity contribution in [1.82, 2.24) is 10.2 Å². The van der Waals surface area contributed by atoms with Gasteiger partial charge in [-0.2, -0.15) is 0 Å². The zero-order chi connectivity index (χ0) is 28.7. The number of aliphatic hydroxyl groups is 2. The van der Waals surface area contributed by atoms with Gasteiger partial charge in [-0.3, -0.25) is 14.4 Å². The summed E-state index contributed by atoms with van der Waals surface area (Å²) in [5.74, 6) is -1.04. The zero-order valence-corrected chi connectivity index (χ0v) is 24.1. The Hall–Kier alpha value is -3.03. The first-order valence-corrected chi connectivity index (χ1v) is 13.5. The predicted molar refractivity (Wildman–Crippen MR) is 150 cm³/mol. The SMILES string of the molecule is COc1cc(C=O)cc(I)c1O[C@H]1C=C(C(=O)NCCO)C[C@@H](N(Cc2ccc(F)cc2)C(=O)C(C)C)[C@@H]1O. The van der Waals surface area contributed by atoms with E-state index in [9.17, 15) is 29.0 Å². The molecule has 3 rings (SSSR count). The standard InChI is InChI=1S/C28H32FIN2O7/c1-16(2)28(37)32(14-17-4-6-20(29)7-5-17)22-12-19(27(36)31-8-9-33)13-23(25(22)35)39-26-21(30)10-18(15-34)11-24(26)38-3/h4-7,10-11,13,15-16,22-23,25,33,35H,8-9,12,14H2,1-3H3,(H,31,36)/t22-,23+,25+/m1/s1. The summed E-state index contributed by atoms with van der Waals surface area (Å²) < 4.78 is 25.7. The summed E-state index contributed by atoms with van der Waals surface area (Å²) in [7, 11) is 1.42. The molecular formula is C28H32FIN2O7. The molecule has 0 saturated heterocycles. The maximum absolute atomic E-state index is 13.5. The van der Waals surface area contributed by atoms with Crippen LogP contribution in [-0.2, 0) is 16.1 Å². The topological polar surface area (TPSA) is 125 Å². The second-order valence-corrected chi connectivity index (χ2v) is 10.6. The molecule has 0 bridgehead atoms. The molecule has 2 aromatic rings. The number of halogens is 2. The number of ether oxygens (including phenoxy) is 2. The highest BCUT2D eigenvalue weighted by Gasteiger charge is 2.41. The number of hydrogen-bond donors (Lipinski definition) is 3. The fraction of sp³-hybridized carbons (Fsp3) is 0.393. The van der Waals surface area contributed by atoms with E-state index in [1.165, 1.54) is 36.3 Å². The normalized spacial score (nSPS) is 18.8. The Morgan fingerprint density at radius 3 is 2.54 bits per heavy atom. The second kappa shape index (κ2) is 13.9. The number of carbonyl (C=O) groups excluding carboxylic acids is 3. The third kappa shape index (κ3) is 7.55. The number of aliphatic hydroxyl groups excluding tert-OH is 2. The largest absolute Gasteiger partial charge is 0.493 e. The number of rotatable bonds is 11. The van der Waals surface area contributed by atoms with Gasteiger partial charge in [-0.1, -0.05) is 26.0 Å². The Morgan fingerprint density at radius 1 is 1.26 bits per heavy atom. The van der Waals surface area contributed by atoms with Crippen LogP contribution in [0.25, 0.3) is 0 Å². The molecular weight excluding hydrogens is 622 g/mol. The lowest BCUT2D eigenvalue weighted by molar-refractivity contribution is -0.142. The summed E-state index contributed by atoms with van der Waals surface area (Å²) in [6.45, 7) is 3.31. The number of methoxy groups -OCH3 is 1. The van der Waals surface area contributed by atoms with Gasteiger partial charge in [0.05, 0.1) is 23.3 Å². The average Bonchev–Trinajstić information content (AvgIpc) is 2.92. The molecule has 3 atom stereocenters. The fourth-order valence-corrected chi connectivity index (χ4v) is 5.07. The van der Waals surface area contributed by atoms with E-state index in [0.29, 0.717) is 21.0 Å². The summed E-state index contributed by atoms with van der Waals surface area (Å²) in [4.78, 5) is 39.2. The van der Waals surface area contributed by atoms with E-state index in [-0.39, 0.29) is 49.1 Å². The molecule has 0 spiro atoms. The minimum absolute atomic E-state index is 0.0241. The molecule has 39 heavy (non-hydrogen) atoms. The Kier molecular flexibility index (Phi) is 10.8. The molecule has 9 nitrogen and oxygen atoms in total. The molecule has 1 aliphatic carbocycles. The van der Waals surface area contributed by atoms with Gasteiger partial charge in [0.25, 0.3) is 0 Å². The summed E-state index contributed by atoms with van der Waals surface area (Å²) in [6.07, 6.45) is -0.134. The van der Waals surface area contributed by atoms with E-state index in [1.54, 1.807) is 32.0 Å². The van der Waals surface area contributed by atoms with Crippen LogP contribution >= 0.6 is 22.6 Å². The van der Waals surface area contributed by atoms with Gasteiger partial charge in [0.1, 0.15) is 24.3 Å². The first kappa shape index (κ1) is 30.5. The van der Waals surface area contributed by atoms with Gasteiger partial charge in [0, 0.05) is 36.6 Å². The van der Waals surface area contributed by atoms with Crippen molar-refractivity contribution in [2.45, 2.75) is 45.1 Å². The fourth-order valence-electron chi connectivity index (χ4n) is 4.31. The Balaban J connectivity index is 2.04. The Morgan fingerprint density at radius 2 is 1.95 bits per heavy atom. The third-order valence-corrected chi connectivity index (χ3v) is 7.10. The van der Waals surface area contributed by atoms with Crippen LogP contribution in [0, 0.1) is 15.3 Å². The monoisotopic (exact) mass is 654 g/mol. The number of aldehydes is 1. The van der Waals surface area contributed by atoms with Crippen LogP contribution in [0.1, 0.15) is 36.2 Å². The highest BCUT2D eigenvalue weighted by Crippen LogP contribution is 2.37. The van der Waals surface area contributed by atoms with E-state index in [0.717, 1.165) is 0 Å². The molecule has 0 aliphatic heterocycles. The van der Waals surface area contributed by atoms with Crippen LogP contribution in [0.4, 0.5) is 4.39 Å². The van der Waals surface area contributed by atoms with Crippen molar-refractivity contribution >= 4 is 40.7 Å². The number of amides is 2. The van der Waals surface area contributed by atoms with Crippen molar-refractivity contribution in [3.05, 3.63) is 68.6 Å². The van der Waals surface area contributed by atoms with E-state index < -0.39 is 35.9 Å². The van der Waals surface area contributed by atoms with Crippen molar-refractivity contribution in [3.63, 3.8) is 0 Å². The van der Waals surface area contributed by atoms with Gasteiger partial charge in [-0.25, -0.2) is 4.39 Å². The van der Waals surface area contributed by atoms with Crippen LogP contribution in [0.5, 0.6) is 11.5 Å². The number of nitrogens with one attached hydrogen (secondary N) is 1. The maximum atomic E-state index is 13.5. The van der Waals surface area contributed by atoms with Crippen LogP contribution < -0.4 is 14.8 Å². The van der Waals surface area contributed by atoms with Gasteiger partial charge in [-0.15, -0.1) is 0 Å². The van der Waals surface area contributed by atoms with Crippen LogP contribution in [0.3, 0.4) is 0 Å². The predicted octanol–water partition coefficient (Wildman–Crippen LogP) is 2.85. The number of carbonyl (C=O) groups is 3. The minimum Gasteiger partial charge on any atom is -0.493 e. The lowest BCUT2D eigenvalue weighted by Gasteiger charge is -2.41. The molecule has 0 fully saturated rings. The summed E-state index contributed by atoms with van der Waals surface area (Å²) in [5, 5.41) is 23.3. The maximum Gasteiger partial charge on any atom is 0.247 e. The lowest BCUT2D eigenvalue weighted by atomic mass is 9.87. The zero-order valence-electron chi connectivity index (χ0n) is 21.9. The van der Waals surface area contributed by atoms with Gasteiger partial charge >= 0.3 is 0 Å². The van der Waals surface area contributed by atoms with Crippen molar-refractivity contribution in [2.24, 2.45) is 5.92 Å². The van der Waals surface area contributed by atoms with Crippen LogP contribution in [0.15, 0.2) is 48.0 Å². The molecule has 3 N–H and O–H groups in total. The van der Waals surface area contributed by atoms with E-state index in [2.05, 4.69) is 5.32 Å². The number of hydrogen-bond acceptors (Lipinski definition) is 7. The molecule has 0 unspecified atom stereocenters. The van der Waals surface area contributed by atoms with Crippen molar-refractivity contribution in [2.75, 3.05) is 20.3 Å². The number of benzene rings is 2. The molecule has 210 valence electrons. The van der Waals surface area contributed by atoms with Gasteiger partial charge in [0.15, 0.2) is 11.5 Å². The van der Waals surface area contributed by atoms with Crippen molar-refractivity contribution < 1.29 is 38.5 Å². The average molecular weight is 654 g/mol. The molecule has 2 amide bonds. The molecule has 2 aromatic carbocycles. The summed E-state index contributed by atoms with van der Waals surface area (Å²) in [5.41, 5.74) is 1.29. The Labute approximate surface area is 240 Å². The van der Waals surface area contributed by atoms with E-state index in [1.807, 2.05) is 22.6 Å². The lowest BCUT2D eigenvalue weighted by Crippen LogP contribution is -2.55. The first-order chi connectivity index (χ1) is 18.6. The number of nitrogens with zero attached hydrogens (tertiary/aromatic N) is 1.